The first-order valence-corrected chi connectivity index (χ1v) is 8.98. The highest BCUT2D eigenvalue weighted by atomic mass is 16.5. The summed E-state index contributed by atoms with van der Waals surface area (Å²) in [6.45, 7) is 3.27. The van der Waals surface area contributed by atoms with Gasteiger partial charge in [0.1, 0.15) is 5.75 Å². The molecule has 0 aromatic heterocycles. The van der Waals surface area contributed by atoms with Crippen LogP contribution in [0.1, 0.15) is 13.3 Å². The largest absolute Gasteiger partial charge is 0.497 e. The number of nitrogens with zero attached hydrogens (tertiary/aromatic N) is 2. The molecule has 0 aliphatic carbocycles. The normalized spacial score (nSPS) is 22.7. The Morgan fingerprint density at radius 1 is 1.30 bits per heavy atom. The maximum atomic E-state index is 12.3. The molecule has 27 heavy (non-hydrogen) atoms. The lowest BCUT2D eigenvalue weighted by Crippen LogP contribution is -2.46. The highest BCUT2D eigenvalue weighted by Gasteiger charge is 2.36. The molecular formula is C19H24N2O6. The smallest absolute Gasteiger partial charge is 0.311 e. The molecule has 2 saturated heterocycles. The van der Waals surface area contributed by atoms with E-state index < -0.39 is 11.9 Å². The number of morpholine rings is 1. The summed E-state index contributed by atoms with van der Waals surface area (Å²) in [5, 5.41) is 0. The minimum Gasteiger partial charge on any atom is -0.497 e. The van der Waals surface area contributed by atoms with E-state index in [0.29, 0.717) is 31.1 Å². The zero-order valence-corrected chi connectivity index (χ0v) is 15.6. The molecule has 0 radical (unpaired) electrons. The number of carbonyl (C=O) groups excluding carboxylic acids is 3. The van der Waals surface area contributed by atoms with E-state index in [9.17, 15) is 14.4 Å². The van der Waals surface area contributed by atoms with Gasteiger partial charge in [0.15, 0.2) is 6.61 Å². The zero-order chi connectivity index (χ0) is 19.4. The molecule has 8 nitrogen and oxygen atoms in total. The van der Waals surface area contributed by atoms with Gasteiger partial charge in [0.05, 0.1) is 25.7 Å². The molecule has 0 bridgehead atoms. The number of ether oxygens (including phenoxy) is 3. The van der Waals surface area contributed by atoms with Gasteiger partial charge in [-0.2, -0.15) is 0 Å². The number of carbonyl (C=O) groups is 3. The molecule has 0 N–H and O–H groups in total. The Morgan fingerprint density at radius 2 is 2.11 bits per heavy atom. The van der Waals surface area contributed by atoms with Gasteiger partial charge in [-0.05, 0) is 19.1 Å². The average molecular weight is 376 g/mol. The van der Waals surface area contributed by atoms with Crippen LogP contribution in [-0.2, 0) is 23.9 Å². The summed E-state index contributed by atoms with van der Waals surface area (Å²) in [4.78, 5) is 40.0. The van der Waals surface area contributed by atoms with E-state index in [4.69, 9.17) is 14.2 Å². The van der Waals surface area contributed by atoms with Crippen molar-refractivity contribution in [2.45, 2.75) is 19.4 Å². The van der Waals surface area contributed by atoms with E-state index in [1.165, 1.54) is 0 Å². The first-order valence-electron chi connectivity index (χ1n) is 8.98. The Bertz CT molecular complexity index is 722. The second kappa shape index (κ2) is 8.39. The van der Waals surface area contributed by atoms with Crippen molar-refractivity contribution in [1.29, 1.82) is 0 Å². The molecule has 2 aliphatic rings. The number of hydrogen-bond donors (Lipinski definition) is 0. The summed E-state index contributed by atoms with van der Waals surface area (Å²) >= 11 is 0. The number of amides is 2. The third-order valence-electron chi connectivity index (χ3n) is 4.76. The van der Waals surface area contributed by atoms with E-state index >= 15 is 0 Å². The van der Waals surface area contributed by atoms with Crippen molar-refractivity contribution < 1.29 is 28.6 Å². The van der Waals surface area contributed by atoms with Crippen molar-refractivity contribution in [2.75, 3.05) is 44.9 Å². The predicted octanol–water partition coefficient (Wildman–Crippen LogP) is 0.839. The van der Waals surface area contributed by atoms with Gasteiger partial charge in [-0.3, -0.25) is 14.4 Å². The number of hydrogen-bond acceptors (Lipinski definition) is 6. The summed E-state index contributed by atoms with van der Waals surface area (Å²) in [5.74, 6) is -0.869. The molecule has 0 saturated carbocycles. The summed E-state index contributed by atoms with van der Waals surface area (Å²) in [6, 6.07) is 7.11. The molecule has 1 aromatic carbocycles. The van der Waals surface area contributed by atoms with Gasteiger partial charge in [-0.25, -0.2) is 0 Å². The van der Waals surface area contributed by atoms with Crippen LogP contribution in [-0.4, -0.2) is 68.7 Å². The van der Waals surface area contributed by atoms with E-state index in [-0.39, 0.29) is 37.5 Å². The van der Waals surface area contributed by atoms with Crippen LogP contribution < -0.4 is 9.64 Å². The summed E-state index contributed by atoms with van der Waals surface area (Å²) < 4.78 is 15.7. The van der Waals surface area contributed by atoms with Gasteiger partial charge in [-0.15, -0.1) is 0 Å². The first-order chi connectivity index (χ1) is 13.0. The number of esters is 1. The van der Waals surface area contributed by atoms with Crippen molar-refractivity contribution in [3.63, 3.8) is 0 Å². The third kappa shape index (κ3) is 4.57. The van der Waals surface area contributed by atoms with Crippen molar-refractivity contribution in [3.05, 3.63) is 24.3 Å². The van der Waals surface area contributed by atoms with Gasteiger partial charge in [0.2, 0.25) is 5.91 Å². The van der Waals surface area contributed by atoms with Crippen LogP contribution >= 0.6 is 0 Å². The van der Waals surface area contributed by atoms with Gasteiger partial charge in [-0.1, -0.05) is 6.07 Å². The van der Waals surface area contributed by atoms with E-state index in [0.717, 1.165) is 0 Å². The Kier molecular flexibility index (Phi) is 5.95. The summed E-state index contributed by atoms with van der Waals surface area (Å²) in [6.07, 6.45) is 0.0426. The molecule has 2 heterocycles. The summed E-state index contributed by atoms with van der Waals surface area (Å²) in [7, 11) is 1.55. The molecule has 8 heteroatoms. The molecule has 2 amide bonds. The Balaban J connectivity index is 1.53. The molecule has 2 fully saturated rings. The molecule has 2 atom stereocenters. The standard InChI is InChI=1S/C19H24N2O6/c1-13-10-20(6-7-26-13)18(23)12-27-19(24)14-8-17(22)21(11-14)15-4-3-5-16(9-15)25-2/h3-5,9,13-14H,6-8,10-12H2,1-2H3. The van der Waals surface area contributed by atoms with E-state index in [2.05, 4.69) is 0 Å². The minimum absolute atomic E-state index is 0.0257. The monoisotopic (exact) mass is 376 g/mol. The topological polar surface area (TPSA) is 85.4 Å². The lowest BCUT2D eigenvalue weighted by Gasteiger charge is -2.31. The lowest BCUT2D eigenvalue weighted by atomic mass is 10.1. The van der Waals surface area contributed by atoms with Gasteiger partial charge in [0.25, 0.3) is 5.91 Å². The lowest BCUT2D eigenvalue weighted by molar-refractivity contribution is -0.157. The number of methoxy groups -OCH3 is 1. The average Bonchev–Trinajstić information content (AvgIpc) is 3.07. The second-order valence-corrected chi connectivity index (χ2v) is 6.74. The Labute approximate surface area is 158 Å². The Morgan fingerprint density at radius 3 is 2.85 bits per heavy atom. The van der Waals surface area contributed by atoms with Crippen LogP contribution in [0.15, 0.2) is 24.3 Å². The van der Waals surface area contributed by atoms with Gasteiger partial charge >= 0.3 is 5.97 Å². The fraction of sp³-hybridized carbons (Fsp3) is 0.526. The molecular weight excluding hydrogens is 352 g/mol. The van der Waals surface area contributed by atoms with Crippen molar-refractivity contribution in [1.82, 2.24) is 4.90 Å². The zero-order valence-electron chi connectivity index (χ0n) is 15.6. The van der Waals surface area contributed by atoms with Crippen LogP contribution in [0, 0.1) is 5.92 Å². The molecule has 3 rings (SSSR count). The number of benzene rings is 1. The van der Waals surface area contributed by atoms with Crippen molar-refractivity contribution in [3.8, 4) is 5.75 Å². The van der Waals surface area contributed by atoms with Crippen molar-refractivity contribution >= 4 is 23.5 Å². The van der Waals surface area contributed by atoms with Gasteiger partial charge < -0.3 is 24.0 Å². The highest BCUT2D eigenvalue weighted by molar-refractivity contribution is 5.99. The fourth-order valence-corrected chi connectivity index (χ4v) is 3.28. The number of rotatable bonds is 5. The van der Waals surface area contributed by atoms with E-state index in [1.54, 1.807) is 41.2 Å². The van der Waals surface area contributed by atoms with Crippen LogP contribution in [0.3, 0.4) is 0 Å². The molecule has 146 valence electrons. The van der Waals surface area contributed by atoms with Crippen LogP contribution in [0.4, 0.5) is 5.69 Å². The minimum atomic E-state index is -0.583. The van der Waals surface area contributed by atoms with Crippen LogP contribution in [0.2, 0.25) is 0 Å². The molecule has 1 aromatic rings. The summed E-state index contributed by atoms with van der Waals surface area (Å²) in [5.41, 5.74) is 0.674. The van der Waals surface area contributed by atoms with Crippen LogP contribution in [0.25, 0.3) is 0 Å². The molecule has 2 unspecified atom stereocenters. The molecule has 0 spiro atoms. The fourth-order valence-electron chi connectivity index (χ4n) is 3.28. The predicted molar refractivity (Wildman–Crippen MR) is 96.4 cm³/mol. The maximum absolute atomic E-state index is 12.3. The first kappa shape index (κ1) is 19.2. The SMILES string of the molecule is COc1cccc(N2CC(C(=O)OCC(=O)N3CCOC(C)C3)CC2=O)c1. The highest BCUT2D eigenvalue weighted by Crippen LogP contribution is 2.28. The second-order valence-electron chi connectivity index (χ2n) is 6.74. The van der Waals surface area contributed by atoms with Crippen molar-refractivity contribution in [2.24, 2.45) is 5.92 Å². The quantitative estimate of drug-likeness (QED) is 0.708. The third-order valence-corrected chi connectivity index (χ3v) is 4.76. The van der Waals surface area contributed by atoms with Gasteiger partial charge in [0, 0.05) is 37.8 Å². The maximum Gasteiger partial charge on any atom is 0.311 e. The Hall–Kier alpha value is -2.61. The van der Waals surface area contributed by atoms with E-state index in [1.807, 2.05) is 6.92 Å². The molecule has 2 aliphatic heterocycles. The van der Waals surface area contributed by atoms with Crippen LogP contribution in [0.5, 0.6) is 5.75 Å². The number of anilines is 1.